The fourth-order valence-electron chi connectivity index (χ4n) is 0.679. The lowest BCUT2D eigenvalue weighted by Crippen LogP contribution is -2.18. The van der Waals surface area contributed by atoms with Gasteiger partial charge in [0.25, 0.3) is 0 Å². The molecule has 1 rings (SSSR count). The van der Waals surface area contributed by atoms with Gasteiger partial charge in [0.2, 0.25) is 0 Å². The van der Waals surface area contributed by atoms with Crippen molar-refractivity contribution >= 4 is 12.1 Å². The van der Waals surface area contributed by atoms with Crippen LogP contribution in [-0.4, -0.2) is 22.3 Å². The summed E-state index contributed by atoms with van der Waals surface area (Å²) in [5, 5.41) is 5.79. The van der Waals surface area contributed by atoms with Gasteiger partial charge in [0.1, 0.15) is 0 Å². The molecule has 1 amide bonds. The van der Waals surface area contributed by atoms with Crippen molar-refractivity contribution in [1.82, 2.24) is 10.1 Å². The van der Waals surface area contributed by atoms with Crippen LogP contribution in [0.25, 0.3) is 0 Å². The molecule has 13 heavy (non-hydrogen) atoms. The van der Waals surface area contributed by atoms with E-state index in [-0.39, 0.29) is 12.1 Å². The zero-order valence-electron chi connectivity index (χ0n) is 7.70. The van der Waals surface area contributed by atoms with Gasteiger partial charge in [-0.25, -0.2) is 10.1 Å². The number of aromatic nitrogens is 2. The number of hydrogen-bond acceptors (Lipinski definition) is 5. The van der Waals surface area contributed by atoms with Crippen molar-refractivity contribution < 1.29 is 14.1 Å². The number of carbonyl (C=O) groups is 1. The van der Waals surface area contributed by atoms with Crippen LogP contribution < -0.4 is 5.32 Å². The first-order valence-electron chi connectivity index (χ1n) is 3.86. The third-order valence-corrected chi connectivity index (χ3v) is 1.08. The summed E-state index contributed by atoms with van der Waals surface area (Å²) in [6.07, 6.45) is -0.775. The van der Waals surface area contributed by atoms with Crippen LogP contribution in [0.3, 0.4) is 0 Å². The molecule has 0 aliphatic heterocycles. The fraction of sp³-hybridized carbons (Fsp3) is 0.571. The minimum absolute atomic E-state index is 0.0446. The second kappa shape index (κ2) is 3.88. The molecule has 1 aromatic heterocycles. The number of rotatable bonds is 2. The highest BCUT2D eigenvalue weighted by Gasteiger charge is 2.09. The van der Waals surface area contributed by atoms with E-state index in [9.17, 15) is 4.79 Å². The molecule has 0 aliphatic carbocycles. The number of ether oxygens (including phenoxy) is 1. The Hall–Kier alpha value is -1.59. The van der Waals surface area contributed by atoms with E-state index in [1.165, 1.54) is 0 Å². The number of nitrogens with zero attached hydrogens (tertiary/aromatic N) is 2. The predicted octanol–water partition coefficient (Wildman–Crippen LogP) is 1.33. The van der Waals surface area contributed by atoms with Gasteiger partial charge in [-0.1, -0.05) is 5.16 Å². The second-order valence-corrected chi connectivity index (χ2v) is 2.73. The van der Waals surface area contributed by atoms with Crippen molar-refractivity contribution in [1.29, 1.82) is 0 Å². The molecule has 6 heteroatoms. The molecule has 1 heterocycles. The Bertz CT molecular complexity index is 295. The van der Waals surface area contributed by atoms with Crippen LogP contribution in [0, 0.1) is 6.92 Å². The van der Waals surface area contributed by atoms with Crippen LogP contribution in [0.5, 0.6) is 0 Å². The third kappa shape index (κ3) is 3.10. The Labute approximate surface area is 75.3 Å². The average Bonchev–Trinajstić information content (AvgIpc) is 2.33. The summed E-state index contributed by atoms with van der Waals surface area (Å²) in [4.78, 5) is 14.7. The molecular weight excluding hydrogens is 174 g/mol. The van der Waals surface area contributed by atoms with Gasteiger partial charge >= 0.3 is 12.1 Å². The Morgan fingerprint density at radius 1 is 1.62 bits per heavy atom. The van der Waals surface area contributed by atoms with Crippen LogP contribution in [0.1, 0.15) is 19.7 Å². The van der Waals surface area contributed by atoms with Gasteiger partial charge < -0.3 is 9.26 Å². The zero-order valence-corrected chi connectivity index (χ0v) is 7.70. The van der Waals surface area contributed by atoms with Gasteiger partial charge in [-0.2, -0.15) is 4.98 Å². The van der Waals surface area contributed by atoms with Crippen molar-refractivity contribution in [3.05, 3.63) is 5.82 Å². The molecule has 0 unspecified atom stereocenters. The van der Waals surface area contributed by atoms with Crippen LogP contribution >= 0.6 is 0 Å². The van der Waals surface area contributed by atoms with Gasteiger partial charge in [0.15, 0.2) is 5.82 Å². The number of amides is 1. The Balaban J connectivity index is 2.45. The number of nitrogens with one attached hydrogen (secondary N) is 1. The maximum Gasteiger partial charge on any atom is 0.415 e. The van der Waals surface area contributed by atoms with Gasteiger partial charge in [0.05, 0.1) is 6.10 Å². The van der Waals surface area contributed by atoms with E-state index in [4.69, 9.17) is 4.74 Å². The van der Waals surface area contributed by atoms with E-state index in [0.717, 1.165) is 0 Å². The molecule has 1 aromatic rings. The molecule has 0 atom stereocenters. The first kappa shape index (κ1) is 9.50. The second-order valence-electron chi connectivity index (χ2n) is 2.73. The number of anilines is 1. The Morgan fingerprint density at radius 2 is 2.31 bits per heavy atom. The normalized spacial score (nSPS) is 10.2. The molecule has 1 N–H and O–H groups in total. The molecule has 0 saturated carbocycles. The minimum atomic E-state index is -0.598. The summed E-state index contributed by atoms with van der Waals surface area (Å²) in [6, 6.07) is 0.0446. The van der Waals surface area contributed by atoms with E-state index in [1.807, 2.05) is 0 Å². The quantitative estimate of drug-likeness (QED) is 0.752. The summed E-state index contributed by atoms with van der Waals surface area (Å²) >= 11 is 0. The van der Waals surface area contributed by atoms with Crippen molar-refractivity contribution in [3.8, 4) is 0 Å². The van der Waals surface area contributed by atoms with E-state index in [2.05, 4.69) is 20.0 Å². The van der Waals surface area contributed by atoms with E-state index in [0.29, 0.717) is 5.82 Å². The van der Waals surface area contributed by atoms with Gasteiger partial charge in [-0.15, -0.1) is 0 Å². The summed E-state index contributed by atoms with van der Waals surface area (Å²) in [6.45, 7) is 5.15. The summed E-state index contributed by atoms with van der Waals surface area (Å²) in [5.74, 6) is 0.458. The molecule has 0 aromatic carbocycles. The lowest BCUT2D eigenvalue weighted by atomic mass is 10.5. The maximum absolute atomic E-state index is 11.0. The van der Waals surface area contributed by atoms with Crippen LogP contribution in [0.15, 0.2) is 4.52 Å². The van der Waals surface area contributed by atoms with Gasteiger partial charge in [-0.05, 0) is 20.8 Å². The highest BCUT2D eigenvalue weighted by Crippen LogP contribution is 2.03. The summed E-state index contributed by atoms with van der Waals surface area (Å²) in [7, 11) is 0. The first-order chi connectivity index (χ1) is 6.08. The lowest BCUT2D eigenvalue weighted by Gasteiger charge is -2.05. The van der Waals surface area contributed by atoms with E-state index >= 15 is 0 Å². The fourth-order valence-corrected chi connectivity index (χ4v) is 0.679. The van der Waals surface area contributed by atoms with E-state index < -0.39 is 6.09 Å². The molecule has 0 aliphatic rings. The smallest absolute Gasteiger partial charge is 0.415 e. The number of hydrogen-bond donors (Lipinski definition) is 1. The lowest BCUT2D eigenvalue weighted by molar-refractivity contribution is 0.129. The highest BCUT2D eigenvalue weighted by atomic mass is 16.6. The minimum Gasteiger partial charge on any atom is -0.446 e. The number of carbonyl (C=O) groups excluding carboxylic acids is 1. The Kier molecular flexibility index (Phi) is 2.84. The molecule has 0 radical (unpaired) electrons. The van der Waals surface area contributed by atoms with Crippen LogP contribution in [0.4, 0.5) is 10.8 Å². The van der Waals surface area contributed by atoms with Crippen molar-refractivity contribution in [2.45, 2.75) is 26.9 Å². The average molecular weight is 185 g/mol. The third-order valence-electron chi connectivity index (χ3n) is 1.08. The first-order valence-corrected chi connectivity index (χ1v) is 3.86. The molecule has 6 nitrogen and oxygen atoms in total. The molecule has 0 fully saturated rings. The van der Waals surface area contributed by atoms with Crippen molar-refractivity contribution in [2.24, 2.45) is 0 Å². The van der Waals surface area contributed by atoms with Crippen molar-refractivity contribution in [3.63, 3.8) is 0 Å². The van der Waals surface area contributed by atoms with E-state index in [1.54, 1.807) is 20.8 Å². The Morgan fingerprint density at radius 3 is 2.77 bits per heavy atom. The SMILES string of the molecule is Cc1noc(NC(=O)OC(C)C)n1. The highest BCUT2D eigenvalue weighted by molar-refractivity contribution is 5.81. The predicted molar refractivity (Wildman–Crippen MR) is 44.3 cm³/mol. The molecule has 0 saturated heterocycles. The van der Waals surface area contributed by atoms with Gasteiger partial charge in [-0.3, -0.25) is 0 Å². The molecule has 72 valence electrons. The van der Waals surface area contributed by atoms with Crippen LogP contribution in [0.2, 0.25) is 0 Å². The summed E-state index contributed by atoms with van der Waals surface area (Å²) < 4.78 is 9.43. The maximum atomic E-state index is 11.0. The topological polar surface area (TPSA) is 77.2 Å². The molecule has 0 bridgehead atoms. The molecular formula is C7H11N3O3. The zero-order chi connectivity index (χ0) is 9.84. The number of aryl methyl sites for hydroxylation is 1. The monoisotopic (exact) mass is 185 g/mol. The molecule has 0 spiro atoms. The summed E-state index contributed by atoms with van der Waals surface area (Å²) in [5.41, 5.74) is 0. The van der Waals surface area contributed by atoms with Crippen molar-refractivity contribution in [2.75, 3.05) is 5.32 Å². The van der Waals surface area contributed by atoms with Crippen LogP contribution in [-0.2, 0) is 4.74 Å². The van der Waals surface area contributed by atoms with Gasteiger partial charge in [0, 0.05) is 0 Å². The standard InChI is InChI=1S/C7H11N3O3/c1-4(2)12-7(11)9-6-8-5(3)10-13-6/h4H,1-3H3,(H,8,9,10,11). The largest absolute Gasteiger partial charge is 0.446 e.